The van der Waals surface area contributed by atoms with Crippen LogP contribution in [-0.4, -0.2) is 37.7 Å². The van der Waals surface area contributed by atoms with Crippen molar-refractivity contribution < 1.29 is 4.74 Å². The van der Waals surface area contributed by atoms with Crippen LogP contribution in [0.3, 0.4) is 0 Å². The Morgan fingerprint density at radius 3 is 2.57 bits per heavy atom. The van der Waals surface area contributed by atoms with Gasteiger partial charge in [-0.2, -0.15) is 0 Å². The van der Waals surface area contributed by atoms with E-state index < -0.39 is 0 Å². The Kier molecular flexibility index (Phi) is 3.75. The van der Waals surface area contributed by atoms with E-state index >= 15 is 0 Å². The summed E-state index contributed by atoms with van der Waals surface area (Å²) in [6.07, 6.45) is 0.843. The van der Waals surface area contributed by atoms with Crippen molar-refractivity contribution in [2.45, 2.75) is 13.0 Å². The molecule has 0 aliphatic carbocycles. The Balaban J connectivity index is 2.02. The van der Waals surface area contributed by atoms with Crippen LogP contribution in [0.2, 0.25) is 0 Å². The van der Waals surface area contributed by atoms with Gasteiger partial charge in [0.2, 0.25) is 0 Å². The Labute approximate surface area is 125 Å². The van der Waals surface area contributed by atoms with E-state index in [1.165, 1.54) is 5.69 Å². The van der Waals surface area contributed by atoms with Crippen molar-refractivity contribution in [3.05, 3.63) is 35.5 Å². The number of hydrogen-bond acceptors (Lipinski definition) is 5. The highest BCUT2D eigenvalue weighted by Crippen LogP contribution is 2.26. The third-order valence-corrected chi connectivity index (χ3v) is 3.70. The minimum Gasteiger partial charge on any atom is -0.378 e. The van der Waals surface area contributed by atoms with Crippen LogP contribution in [0.15, 0.2) is 24.3 Å². The van der Waals surface area contributed by atoms with Crippen molar-refractivity contribution in [1.29, 1.82) is 0 Å². The molecule has 5 nitrogen and oxygen atoms in total. The van der Waals surface area contributed by atoms with E-state index in [0.717, 1.165) is 41.5 Å². The summed E-state index contributed by atoms with van der Waals surface area (Å²) in [7, 11) is 5.95. The fourth-order valence-corrected chi connectivity index (χ4v) is 2.48. The van der Waals surface area contributed by atoms with Gasteiger partial charge in [-0.25, -0.2) is 9.97 Å². The highest BCUT2D eigenvalue weighted by Gasteiger charge is 2.18. The summed E-state index contributed by atoms with van der Waals surface area (Å²) in [6.45, 7) is 1.32. The minimum absolute atomic E-state index is 0.589. The first kappa shape index (κ1) is 13.8. The first-order valence-corrected chi connectivity index (χ1v) is 7.12. The van der Waals surface area contributed by atoms with Crippen LogP contribution in [0, 0.1) is 0 Å². The summed E-state index contributed by atoms with van der Waals surface area (Å²) in [5.41, 5.74) is 4.37. The second-order valence-corrected chi connectivity index (χ2v) is 5.31. The van der Waals surface area contributed by atoms with Gasteiger partial charge < -0.3 is 15.0 Å². The van der Waals surface area contributed by atoms with E-state index in [4.69, 9.17) is 9.72 Å². The third-order valence-electron chi connectivity index (χ3n) is 3.70. The summed E-state index contributed by atoms with van der Waals surface area (Å²) in [5, 5.41) is 3.16. The molecule has 0 radical (unpaired) electrons. The third kappa shape index (κ3) is 2.69. The summed E-state index contributed by atoms with van der Waals surface area (Å²) in [4.78, 5) is 11.4. The van der Waals surface area contributed by atoms with Crippen LogP contribution in [-0.2, 0) is 17.8 Å². The Hall–Kier alpha value is -2.14. The largest absolute Gasteiger partial charge is 0.378 e. The Morgan fingerprint density at radius 1 is 1.14 bits per heavy atom. The van der Waals surface area contributed by atoms with Crippen LogP contribution in [0.5, 0.6) is 0 Å². The SMILES string of the molecule is CNc1nc(-c2ccc(N(C)C)cc2)nc2c1COCC2. The van der Waals surface area contributed by atoms with Crippen LogP contribution >= 0.6 is 0 Å². The van der Waals surface area contributed by atoms with Crippen LogP contribution in [0.4, 0.5) is 11.5 Å². The zero-order chi connectivity index (χ0) is 14.8. The molecule has 110 valence electrons. The summed E-state index contributed by atoms with van der Waals surface area (Å²) < 4.78 is 5.50. The number of nitrogens with one attached hydrogen (secondary N) is 1. The second-order valence-electron chi connectivity index (χ2n) is 5.31. The fourth-order valence-electron chi connectivity index (χ4n) is 2.48. The highest BCUT2D eigenvalue weighted by molar-refractivity contribution is 5.63. The van der Waals surface area contributed by atoms with Crippen molar-refractivity contribution in [2.75, 3.05) is 38.0 Å². The molecule has 1 aliphatic heterocycles. The molecular formula is C16H20N4O. The molecule has 0 atom stereocenters. The van der Waals surface area contributed by atoms with E-state index in [9.17, 15) is 0 Å². The van der Waals surface area contributed by atoms with Gasteiger partial charge in [-0.3, -0.25) is 0 Å². The lowest BCUT2D eigenvalue weighted by molar-refractivity contribution is 0.109. The molecule has 1 N–H and O–H groups in total. The Morgan fingerprint density at radius 2 is 1.90 bits per heavy atom. The monoisotopic (exact) mass is 284 g/mol. The number of fused-ring (bicyclic) bond motifs is 1. The van der Waals surface area contributed by atoms with E-state index in [1.807, 2.05) is 21.1 Å². The number of aromatic nitrogens is 2. The van der Waals surface area contributed by atoms with Gasteiger partial charge in [0.1, 0.15) is 5.82 Å². The van der Waals surface area contributed by atoms with E-state index in [1.54, 1.807) is 0 Å². The van der Waals surface area contributed by atoms with Crippen molar-refractivity contribution >= 4 is 11.5 Å². The number of benzene rings is 1. The molecule has 2 heterocycles. The zero-order valence-corrected chi connectivity index (χ0v) is 12.7. The number of nitrogens with zero attached hydrogens (tertiary/aromatic N) is 3. The number of rotatable bonds is 3. The van der Waals surface area contributed by atoms with Crippen molar-refractivity contribution in [3.63, 3.8) is 0 Å². The summed E-state index contributed by atoms with van der Waals surface area (Å²) in [6, 6.07) is 8.30. The first-order valence-electron chi connectivity index (χ1n) is 7.12. The fraction of sp³-hybridized carbons (Fsp3) is 0.375. The van der Waals surface area contributed by atoms with Gasteiger partial charge in [0.05, 0.1) is 18.9 Å². The molecule has 3 rings (SSSR count). The maximum atomic E-state index is 5.50. The number of ether oxygens (including phenoxy) is 1. The van der Waals surface area contributed by atoms with E-state index in [0.29, 0.717) is 6.61 Å². The molecule has 0 saturated carbocycles. The topological polar surface area (TPSA) is 50.3 Å². The average Bonchev–Trinajstić information content (AvgIpc) is 2.53. The smallest absolute Gasteiger partial charge is 0.161 e. The van der Waals surface area contributed by atoms with Crippen LogP contribution in [0.1, 0.15) is 11.3 Å². The molecule has 0 bridgehead atoms. The first-order chi connectivity index (χ1) is 10.2. The van der Waals surface area contributed by atoms with Gasteiger partial charge in [-0.15, -0.1) is 0 Å². The second kappa shape index (κ2) is 5.69. The Bertz CT molecular complexity index is 620. The standard InChI is InChI=1S/C16H20N4O/c1-17-16-13-10-21-9-8-14(13)18-15(19-16)11-4-6-12(7-5-11)20(2)3/h4-7H,8-10H2,1-3H3,(H,17,18,19). The van der Waals surface area contributed by atoms with Gasteiger partial charge in [-0.1, -0.05) is 0 Å². The minimum atomic E-state index is 0.589. The van der Waals surface area contributed by atoms with Crippen molar-refractivity contribution in [1.82, 2.24) is 9.97 Å². The van der Waals surface area contributed by atoms with Crippen LogP contribution in [0.25, 0.3) is 11.4 Å². The maximum Gasteiger partial charge on any atom is 0.161 e. The molecule has 0 amide bonds. The normalized spacial score (nSPS) is 13.7. The van der Waals surface area contributed by atoms with Gasteiger partial charge >= 0.3 is 0 Å². The highest BCUT2D eigenvalue weighted by atomic mass is 16.5. The molecule has 0 saturated heterocycles. The molecule has 21 heavy (non-hydrogen) atoms. The molecule has 0 spiro atoms. The van der Waals surface area contributed by atoms with Crippen LogP contribution < -0.4 is 10.2 Å². The molecule has 0 fully saturated rings. The molecule has 2 aromatic rings. The van der Waals surface area contributed by atoms with Gasteiger partial charge in [0.25, 0.3) is 0 Å². The van der Waals surface area contributed by atoms with Gasteiger partial charge in [0.15, 0.2) is 5.82 Å². The number of anilines is 2. The molecular weight excluding hydrogens is 264 g/mol. The predicted octanol–water partition coefficient (Wildman–Crippen LogP) is 2.32. The molecule has 1 aromatic heterocycles. The summed E-state index contributed by atoms with van der Waals surface area (Å²) >= 11 is 0. The van der Waals surface area contributed by atoms with E-state index in [-0.39, 0.29) is 0 Å². The number of hydrogen-bond donors (Lipinski definition) is 1. The molecule has 0 unspecified atom stereocenters. The maximum absolute atomic E-state index is 5.50. The molecule has 1 aliphatic rings. The van der Waals surface area contributed by atoms with Gasteiger partial charge in [0, 0.05) is 44.4 Å². The predicted molar refractivity (Wildman–Crippen MR) is 84.7 cm³/mol. The van der Waals surface area contributed by atoms with E-state index in [2.05, 4.69) is 39.5 Å². The molecule has 5 heteroatoms. The lowest BCUT2D eigenvalue weighted by Gasteiger charge is -2.19. The lowest BCUT2D eigenvalue weighted by atomic mass is 10.1. The van der Waals surface area contributed by atoms with Gasteiger partial charge in [-0.05, 0) is 24.3 Å². The van der Waals surface area contributed by atoms with Crippen molar-refractivity contribution in [2.24, 2.45) is 0 Å². The zero-order valence-electron chi connectivity index (χ0n) is 12.7. The summed E-state index contributed by atoms with van der Waals surface area (Å²) in [5.74, 6) is 1.64. The van der Waals surface area contributed by atoms with Crippen molar-refractivity contribution in [3.8, 4) is 11.4 Å². The molecule has 1 aromatic carbocycles. The quantitative estimate of drug-likeness (QED) is 0.937. The lowest BCUT2D eigenvalue weighted by Crippen LogP contribution is -2.16. The average molecular weight is 284 g/mol.